The number of rotatable bonds is 6. The fourth-order valence-electron chi connectivity index (χ4n) is 3.40. The van der Waals surface area contributed by atoms with Gasteiger partial charge in [-0.05, 0) is 50.9 Å². The Morgan fingerprint density at radius 2 is 1.92 bits per heavy atom. The van der Waals surface area contributed by atoms with E-state index >= 15 is 0 Å². The van der Waals surface area contributed by atoms with Gasteiger partial charge >= 0.3 is 0 Å². The molecule has 2 aliphatic heterocycles. The number of aliphatic imine (C=N–C) groups is 1. The van der Waals surface area contributed by atoms with E-state index in [9.17, 15) is 0 Å². The second kappa shape index (κ2) is 9.67. The second-order valence-corrected chi connectivity index (χ2v) is 7.17. The Bertz CT molecular complexity index is 599. The Morgan fingerprint density at radius 3 is 2.69 bits per heavy atom. The molecule has 3 rings (SSSR count). The van der Waals surface area contributed by atoms with Crippen LogP contribution in [-0.4, -0.2) is 56.8 Å². The van der Waals surface area contributed by atoms with Crippen LogP contribution in [0.15, 0.2) is 23.2 Å². The van der Waals surface area contributed by atoms with Crippen molar-refractivity contribution >= 4 is 11.6 Å². The number of likely N-dealkylation sites (tertiary alicyclic amines) is 1. The molecule has 1 unspecified atom stereocenters. The molecule has 0 spiro atoms. The van der Waals surface area contributed by atoms with Gasteiger partial charge in [-0.15, -0.1) is 0 Å². The monoisotopic (exact) mass is 360 g/mol. The summed E-state index contributed by atoms with van der Waals surface area (Å²) >= 11 is 0. The van der Waals surface area contributed by atoms with E-state index in [0.29, 0.717) is 19.1 Å². The standard InChI is InChI=1S/C20H32N4O2/c1-3-21-20(22-14-16(2)15-24-9-4-5-10-24)23-17-7-8-18-19(13-17)26-12-6-11-25-18/h7-8,13,16H,3-6,9-12,14-15H2,1-2H3,(H2,21,22,23). The van der Waals surface area contributed by atoms with Gasteiger partial charge in [-0.1, -0.05) is 6.92 Å². The summed E-state index contributed by atoms with van der Waals surface area (Å²) in [6.45, 7) is 11.0. The van der Waals surface area contributed by atoms with E-state index in [1.54, 1.807) is 0 Å². The lowest BCUT2D eigenvalue weighted by molar-refractivity contribution is 0.291. The molecule has 2 N–H and O–H groups in total. The maximum absolute atomic E-state index is 5.77. The Kier molecular flexibility index (Phi) is 7.00. The third-order valence-corrected chi connectivity index (χ3v) is 4.68. The first kappa shape index (κ1) is 18.8. The average Bonchev–Trinajstić information content (AvgIpc) is 3.03. The van der Waals surface area contributed by atoms with Crippen molar-refractivity contribution in [1.82, 2.24) is 10.2 Å². The van der Waals surface area contributed by atoms with Crippen LogP contribution in [0.3, 0.4) is 0 Å². The Balaban J connectivity index is 1.59. The second-order valence-electron chi connectivity index (χ2n) is 7.17. The van der Waals surface area contributed by atoms with Gasteiger partial charge in [0.15, 0.2) is 17.5 Å². The highest BCUT2D eigenvalue weighted by atomic mass is 16.5. The van der Waals surface area contributed by atoms with Crippen molar-refractivity contribution in [3.63, 3.8) is 0 Å². The van der Waals surface area contributed by atoms with E-state index in [0.717, 1.165) is 49.2 Å². The van der Waals surface area contributed by atoms with E-state index in [2.05, 4.69) is 29.4 Å². The number of benzene rings is 1. The van der Waals surface area contributed by atoms with Crippen molar-refractivity contribution < 1.29 is 9.47 Å². The lowest BCUT2D eigenvalue weighted by Crippen LogP contribution is -2.32. The molecule has 1 fully saturated rings. The normalized spacial score (nSPS) is 19.1. The van der Waals surface area contributed by atoms with Crippen molar-refractivity contribution in [3.8, 4) is 11.5 Å². The summed E-state index contributed by atoms with van der Waals surface area (Å²) in [5, 5.41) is 6.71. The first-order valence-corrected chi connectivity index (χ1v) is 9.92. The van der Waals surface area contributed by atoms with Gasteiger partial charge < -0.3 is 25.0 Å². The zero-order valence-corrected chi connectivity index (χ0v) is 16.1. The highest BCUT2D eigenvalue weighted by Crippen LogP contribution is 2.32. The molecular formula is C20H32N4O2. The number of fused-ring (bicyclic) bond motifs is 1. The molecular weight excluding hydrogens is 328 g/mol. The first-order valence-electron chi connectivity index (χ1n) is 9.92. The van der Waals surface area contributed by atoms with E-state index in [4.69, 9.17) is 14.5 Å². The molecule has 2 heterocycles. The van der Waals surface area contributed by atoms with E-state index in [-0.39, 0.29) is 0 Å². The molecule has 144 valence electrons. The number of hydrogen-bond donors (Lipinski definition) is 2. The van der Waals surface area contributed by atoms with Crippen LogP contribution in [0, 0.1) is 5.92 Å². The van der Waals surface area contributed by atoms with Crippen LogP contribution in [0.4, 0.5) is 5.69 Å². The molecule has 0 aliphatic carbocycles. The van der Waals surface area contributed by atoms with E-state index in [1.165, 1.54) is 25.9 Å². The minimum absolute atomic E-state index is 0.548. The third-order valence-electron chi connectivity index (χ3n) is 4.68. The van der Waals surface area contributed by atoms with Gasteiger partial charge in [-0.25, -0.2) is 0 Å². The Labute approximate surface area is 157 Å². The van der Waals surface area contributed by atoms with Gasteiger partial charge in [0.2, 0.25) is 0 Å². The molecule has 0 amide bonds. The van der Waals surface area contributed by atoms with Crippen molar-refractivity contribution in [2.24, 2.45) is 10.9 Å². The summed E-state index contributed by atoms with van der Waals surface area (Å²) in [6, 6.07) is 5.96. The van der Waals surface area contributed by atoms with Crippen LogP contribution in [0.5, 0.6) is 11.5 Å². The summed E-state index contributed by atoms with van der Waals surface area (Å²) in [6.07, 6.45) is 3.59. The predicted molar refractivity (Wildman–Crippen MR) is 106 cm³/mol. The number of hydrogen-bond acceptors (Lipinski definition) is 4. The molecule has 0 bridgehead atoms. The van der Waals surface area contributed by atoms with Crippen molar-refractivity contribution in [2.45, 2.75) is 33.1 Å². The number of anilines is 1. The highest BCUT2D eigenvalue weighted by Gasteiger charge is 2.15. The molecule has 1 saturated heterocycles. The van der Waals surface area contributed by atoms with Crippen LogP contribution in [-0.2, 0) is 0 Å². The number of guanidine groups is 1. The van der Waals surface area contributed by atoms with Crippen LogP contribution >= 0.6 is 0 Å². The third kappa shape index (κ3) is 5.53. The molecule has 1 aromatic carbocycles. The Morgan fingerprint density at radius 1 is 1.15 bits per heavy atom. The maximum atomic E-state index is 5.77. The van der Waals surface area contributed by atoms with Crippen LogP contribution in [0.2, 0.25) is 0 Å². The molecule has 6 nitrogen and oxygen atoms in total. The fraction of sp³-hybridized carbons (Fsp3) is 0.650. The zero-order valence-electron chi connectivity index (χ0n) is 16.1. The maximum Gasteiger partial charge on any atom is 0.195 e. The zero-order chi connectivity index (χ0) is 18.2. The molecule has 0 aromatic heterocycles. The minimum atomic E-state index is 0.548. The SMILES string of the molecule is CCNC(=NCC(C)CN1CCCC1)Nc1ccc2c(c1)OCCCO2. The van der Waals surface area contributed by atoms with Gasteiger partial charge in [0.25, 0.3) is 0 Å². The molecule has 1 atom stereocenters. The lowest BCUT2D eigenvalue weighted by Gasteiger charge is -2.19. The van der Waals surface area contributed by atoms with Crippen LogP contribution in [0.25, 0.3) is 0 Å². The number of nitrogens with one attached hydrogen (secondary N) is 2. The van der Waals surface area contributed by atoms with Gasteiger partial charge in [0.1, 0.15) is 0 Å². The summed E-state index contributed by atoms with van der Waals surface area (Å²) in [5.74, 6) is 2.97. The number of ether oxygens (including phenoxy) is 2. The van der Waals surface area contributed by atoms with Crippen LogP contribution < -0.4 is 20.1 Å². The molecule has 6 heteroatoms. The van der Waals surface area contributed by atoms with Gasteiger partial charge in [0.05, 0.1) is 13.2 Å². The van der Waals surface area contributed by atoms with Crippen molar-refractivity contribution in [1.29, 1.82) is 0 Å². The molecule has 26 heavy (non-hydrogen) atoms. The molecule has 0 saturated carbocycles. The van der Waals surface area contributed by atoms with Crippen molar-refractivity contribution in [3.05, 3.63) is 18.2 Å². The highest BCUT2D eigenvalue weighted by molar-refractivity contribution is 5.93. The topological polar surface area (TPSA) is 58.1 Å². The van der Waals surface area contributed by atoms with Crippen LogP contribution in [0.1, 0.15) is 33.1 Å². The van der Waals surface area contributed by atoms with Gasteiger partial charge in [-0.3, -0.25) is 4.99 Å². The minimum Gasteiger partial charge on any atom is -0.490 e. The van der Waals surface area contributed by atoms with Gasteiger partial charge in [0, 0.05) is 37.8 Å². The molecule has 1 aromatic rings. The summed E-state index contributed by atoms with van der Waals surface area (Å²) < 4.78 is 11.5. The summed E-state index contributed by atoms with van der Waals surface area (Å²) in [5.41, 5.74) is 0.959. The largest absolute Gasteiger partial charge is 0.490 e. The quantitative estimate of drug-likeness (QED) is 0.603. The smallest absolute Gasteiger partial charge is 0.195 e. The van der Waals surface area contributed by atoms with E-state index < -0.39 is 0 Å². The predicted octanol–water partition coefficient (Wildman–Crippen LogP) is 2.96. The summed E-state index contributed by atoms with van der Waals surface area (Å²) in [4.78, 5) is 7.32. The first-order chi connectivity index (χ1) is 12.7. The average molecular weight is 361 g/mol. The fourth-order valence-corrected chi connectivity index (χ4v) is 3.40. The lowest BCUT2D eigenvalue weighted by atomic mass is 10.2. The molecule has 2 aliphatic rings. The van der Waals surface area contributed by atoms with Crippen molar-refractivity contribution in [2.75, 3.05) is 51.3 Å². The molecule has 0 radical (unpaired) electrons. The number of nitrogens with zero attached hydrogens (tertiary/aromatic N) is 2. The Hall–Kier alpha value is -1.95. The van der Waals surface area contributed by atoms with E-state index in [1.807, 2.05) is 18.2 Å². The summed E-state index contributed by atoms with van der Waals surface area (Å²) in [7, 11) is 0. The van der Waals surface area contributed by atoms with Gasteiger partial charge in [-0.2, -0.15) is 0 Å².